The van der Waals surface area contributed by atoms with Crippen molar-refractivity contribution in [3.05, 3.63) is 24.6 Å². The van der Waals surface area contributed by atoms with E-state index in [2.05, 4.69) is 4.98 Å². The van der Waals surface area contributed by atoms with Crippen LogP contribution in [0.4, 0.5) is 5.69 Å². The van der Waals surface area contributed by atoms with E-state index in [0.29, 0.717) is 24.3 Å². The molecule has 1 aromatic heterocycles. The molecule has 20 heavy (non-hydrogen) atoms. The number of hydrogen-bond acceptors (Lipinski definition) is 5. The van der Waals surface area contributed by atoms with Gasteiger partial charge in [0.25, 0.3) is 0 Å². The molecule has 0 bridgehead atoms. The minimum Gasteiger partial charge on any atom is -0.443 e. The van der Waals surface area contributed by atoms with Crippen LogP contribution in [0.2, 0.25) is 0 Å². The molecule has 0 N–H and O–H groups in total. The zero-order chi connectivity index (χ0) is 14.1. The number of carbonyl (C=O) groups is 2. The van der Waals surface area contributed by atoms with Crippen LogP contribution >= 0.6 is 11.8 Å². The molecule has 1 aliphatic rings. The third kappa shape index (κ3) is 2.56. The van der Waals surface area contributed by atoms with Crippen molar-refractivity contribution >= 4 is 39.6 Å². The predicted octanol–water partition coefficient (Wildman–Crippen LogP) is 2.46. The average Bonchev–Trinajstić information content (AvgIpc) is 3.01. The maximum atomic E-state index is 12.1. The number of rotatable bonds is 3. The summed E-state index contributed by atoms with van der Waals surface area (Å²) in [7, 11) is 0. The van der Waals surface area contributed by atoms with Crippen molar-refractivity contribution in [3.8, 4) is 0 Å². The summed E-state index contributed by atoms with van der Waals surface area (Å²) >= 11 is 1.29. The van der Waals surface area contributed by atoms with Gasteiger partial charge in [-0.15, -0.1) is 0 Å². The number of benzene rings is 1. The molecule has 1 aromatic carbocycles. The van der Waals surface area contributed by atoms with Crippen molar-refractivity contribution in [1.82, 2.24) is 4.98 Å². The fourth-order valence-electron chi connectivity index (χ4n) is 2.39. The number of nitrogens with zero attached hydrogens (tertiary/aromatic N) is 2. The molecule has 1 atom stereocenters. The molecule has 2 aromatic rings. The van der Waals surface area contributed by atoms with Crippen LogP contribution in [-0.4, -0.2) is 28.3 Å². The van der Waals surface area contributed by atoms with Gasteiger partial charge in [0.1, 0.15) is 5.52 Å². The van der Waals surface area contributed by atoms with Crippen LogP contribution in [-0.2, 0) is 9.59 Å². The van der Waals surface area contributed by atoms with E-state index in [1.807, 2.05) is 18.2 Å². The zero-order valence-corrected chi connectivity index (χ0v) is 11.9. The van der Waals surface area contributed by atoms with Gasteiger partial charge in [0, 0.05) is 37.4 Å². The Morgan fingerprint density at radius 2 is 2.40 bits per heavy atom. The third-order valence-corrected chi connectivity index (χ3v) is 4.40. The Balaban J connectivity index is 1.76. The normalized spacial score (nSPS) is 18.9. The molecule has 3 rings (SSSR count). The maximum absolute atomic E-state index is 12.1. The van der Waals surface area contributed by atoms with E-state index in [4.69, 9.17) is 4.42 Å². The molecule has 0 aliphatic carbocycles. The largest absolute Gasteiger partial charge is 0.443 e. The second-order valence-electron chi connectivity index (χ2n) is 4.88. The molecule has 2 heterocycles. The monoisotopic (exact) mass is 290 g/mol. The number of amides is 1. The summed E-state index contributed by atoms with van der Waals surface area (Å²) < 4.78 is 5.26. The van der Waals surface area contributed by atoms with Gasteiger partial charge < -0.3 is 9.32 Å². The molecule has 104 valence electrons. The molecule has 6 heteroatoms. The van der Waals surface area contributed by atoms with E-state index in [1.165, 1.54) is 18.2 Å². The van der Waals surface area contributed by atoms with Gasteiger partial charge in [0.15, 0.2) is 17.1 Å². The number of aromatic nitrogens is 1. The van der Waals surface area contributed by atoms with Gasteiger partial charge in [-0.2, -0.15) is 0 Å². The Kier molecular flexibility index (Phi) is 3.48. The lowest BCUT2D eigenvalue weighted by Crippen LogP contribution is -2.24. The van der Waals surface area contributed by atoms with Crippen molar-refractivity contribution in [2.45, 2.75) is 13.3 Å². The summed E-state index contributed by atoms with van der Waals surface area (Å²) in [5.74, 6) is 1.02. The molecule has 0 radical (unpaired) electrons. The first-order chi connectivity index (χ1) is 9.63. The first-order valence-corrected chi connectivity index (χ1v) is 7.39. The lowest BCUT2D eigenvalue weighted by Gasteiger charge is -2.16. The third-order valence-electron chi connectivity index (χ3n) is 3.35. The fourth-order valence-corrected chi connectivity index (χ4v) is 3.08. The Hall–Kier alpha value is -1.82. The van der Waals surface area contributed by atoms with Gasteiger partial charge in [-0.05, 0) is 18.1 Å². The summed E-state index contributed by atoms with van der Waals surface area (Å²) in [6.07, 6.45) is 1.89. The van der Waals surface area contributed by atoms with E-state index in [0.717, 1.165) is 11.2 Å². The Labute approximate surface area is 120 Å². The van der Waals surface area contributed by atoms with E-state index in [1.54, 1.807) is 11.8 Å². The molecular weight excluding hydrogens is 276 g/mol. The maximum Gasteiger partial charge on any atom is 0.227 e. The van der Waals surface area contributed by atoms with E-state index >= 15 is 0 Å². The fraction of sp³-hybridized carbons (Fsp3) is 0.357. The van der Waals surface area contributed by atoms with Crippen molar-refractivity contribution in [2.75, 3.05) is 17.2 Å². The number of anilines is 1. The second-order valence-corrected chi connectivity index (χ2v) is 6.08. The van der Waals surface area contributed by atoms with Crippen LogP contribution in [0.3, 0.4) is 0 Å². The number of oxazole rings is 1. The molecule has 1 unspecified atom stereocenters. The Bertz CT molecular complexity index is 667. The van der Waals surface area contributed by atoms with Crippen molar-refractivity contribution in [1.29, 1.82) is 0 Å². The topological polar surface area (TPSA) is 63.4 Å². The molecule has 0 saturated carbocycles. The highest BCUT2D eigenvalue weighted by Gasteiger charge is 2.31. The molecule has 1 amide bonds. The minimum atomic E-state index is 0.0954. The molecule has 1 saturated heterocycles. The zero-order valence-electron chi connectivity index (χ0n) is 11.0. The molecule has 1 fully saturated rings. The highest BCUT2D eigenvalue weighted by Crippen LogP contribution is 2.29. The lowest BCUT2D eigenvalue weighted by molar-refractivity contribution is -0.117. The average molecular weight is 290 g/mol. The molecule has 0 spiro atoms. The highest BCUT2D eigenvalue weighted by molar-refractivity contribution is 8.13. The van der Waals surface area contributed by atoms with Gasteiger partial charge in [-0.1, -0.05) is 11.8 Å². The van der Waals surface area contributed by atoms with Crippen LogP contribution in [0, 0.1) is 5.92 Å². The van der Waals surface area contributed by atoms with Crippen molar-refractivity contribution < 1.29 is 14.0 Å². The van der Waals surface area contributed by atoms with E-state index < -0.39 is 0 Å². The van der Waals surface area contributed by atoms with Gasteiger partial charge in [0.05, 0.1) is 0 Å². The first-order valence-electron chi connectivity index (χ1n) is 6.40. The Morgan fingerprint density at radius 1 is 1.55 bits per heavy atom. The number of fused-ring (bicyclic) bond motifs is 1. The number of thioether (sulfide) groups is 1. The van der Waals surface area contributed by atoms with Crippen LogP contribution in [0.15, 0.2) is 29.0 Å². The second kappa shape index (κ2) is 5.28. The van der Waals surface area contributed by atoms with E-state index in [-0.39, 0.29) is 16.9 Å². The minimum absolute atomic E-state index is 0.0954. The van der Waals surface area contributed by atoms with Crippen molar-refractivity contribution in [3.63, 3.8) is 0 Å². The predicted molar refractivity (Wildman–Crippen MR) is 77.6 cm³/mol. The van der Waals surface area contributed by atoms with Crippen LogP contribution < -0.4 is 4.90 Å². The summed E-state index contributed by atoms with van der Waals surface area (Å²) in [6, 6.07) is 5.56. The van der Waals surface area contributed by atoms with Crippen LogP contribution in [0.1, 0.15) is 13.3 Å². The summed E-state index contributed by atoms with van der Waals surface area (Å²) in [4.78, 5) is 28.9. The molecule has 1 aliphatic heterocycles. The van der Waals surface area contributed by atoms with Gasteiger partial charge >= 0.3 is 0 Å². The summed E-state index contributed by atoms with van der Waals surface area (Å²) in [5, 5.41) is 0.0963. The quantitative estimate of drug-likeness (QED) is 0.869. The Morgan fingerprint density at radius 3 is 3.20 bits per heavy atom. The number of carbonyl (C=O) groups excluding carboxylic acids is 2. The lowest BCUT2D eigenvalue weighted by atomic mass is 10.1. The highest BCUT2D eigenvalue weighted by atomic mass is 32.2. The summed E-state index contributed by atoms with van der Waals surface area (Å²) in [5.41, 5.74) is 2.29. The van der Waals surface area contributed by atoms with Gasteiger partial charge in [-0.3, -0.25) is 9.59 Å². The van der Waals surface area contributed by atoms with E-state index in [9.17, 15) is 9.59 Å². The SMILES string of the molecule is CC(=O)SCC1CC(=O)N(c2ccc3ncoc3c2)C1. The number of hydrogen-bond donors (Lipinski definition) is 0. The smallest absolute Gasteiger partial charge is 0.227 e. The van der Waals surface area contributed by atoms with Crippen LogP contribution in [0.25, 0.3) is 11.1 Å². The van der Waals surface area contributed by atoms with Crippen LogP contribution in [0.5, 0.6) is 0 Å². The molecule has 5 nitrogen and oxygen atoms in total. The van der Waals surface area contributed by atoms with Crippen molar-refractivity contribution in [2.24, 2.45) is 5.92 Å². The standard InChI is InChI=1S/C14H14N2O3S/c1-9(17)20-7-10-4-14(18)16(6-10)11-2-3-12-13(5-11)19-8-15-12/h2-3,5,8,10H,4,6-7H2,1H3. The molecular formula is C14H14N2O3S. The summed E-state index contributed by atoms with van der Waals surface area (Å²) in [6.45, 7) is 2.20. The first kappa shape index (κ1) is 13.2. The van der Waals surface area contributed by atoms with Gasteiger partial charge in [0.2, 0.25) is 5.91 Å². The van der Waals surface area contributed by atoms with Gasteiger partial charge in [-0.25, -0.2) is 4.98 Å².